The van der Waals surface area contributed by atoms with Gasteiger partial charge in [0.2, 0.25) is 10.0 Å². The average molecular weight is 595 g/mol. The quantitative estimate of drug-likeness (QED) is 0.423. The Balaban J connectivity index is 1.36. The van der Waals surface area contributed by atoms with E-state index in [2.05, 4.69) is 19.8 Å². The summed E-state index contributed by atoms with van der Waals surface area (Å²) in [7, 11) is -3.89. The highest BCUT2D eigenvalue weighted by molar-refractivity contribution is 7.89. The summed E-state index contributed by atoms with van der Waals surface area (Å²) in [5.41, 5.74) is 1.69. The van der Waals surface area contributed by atoms with Crippen molar-refractivity contribution in [3.63, 3.8) is 0 Å². The van der Waals surface area contributed by atoms with Crippen molar-refractivity contribution >= 4 is 32.7 Å². The molecule has 4 aliphatic rings. The zero-order chi connectivity index (χ0) is 28.0. The Morgan fingerprint density at radius 3 is 2.50 bits per heavy atom. The number of rotatable bonds is 7. The molecule has 3 aromatic heterocycles. The molecule has 7 rings (SSSR count). The first-order valence-electron chi connectivity index (χ1n) is 13.8. The molecule has 2 N–H and O–H groups in total. The minimum absolute atomic E-state index is 0.0841. The summed E-state index contributed by atoms with van der Waals surface area (Å²) in [5.74, 6) is 0.155. The fourth-order valence-electron chi connectivity index (χ4n) is 6.05. The molecule has 2 atom stereocenters. The molecule has 2 saturated carbocycles. The van der Waals surface area contributed by atoms with Crippen molar-refractivity contribution in [3.8, 4) is 10.7 Å². The van der Waals surface area contributed by atoms with Gasteiger partial charge in [0.25, 0.3) is 6.43 Å². The van der Waals surface area contributed by atoms with Crippen LogP contribution in [-0.4, -0.2) is 70.5 Å². The molecular formula is C26H32F2N6O4S2. The van der Waals surface area contributed by atoms with Crippen LogP contribution >= 0.6 is 11.3 Å². The van der Waals surface area contributed by atoms with Crippen molar-refractivity contribution in [1.29, 1.82) is 0 Å². The molecule has 0 aromatic carbocycles. The van der Waals surface area contributed by atoms with E-state index in [0.717, 1.165) is 42.7 Å². The third kappa shape index (κ3) is 4.42. The molecule has 2 aliphatic heterocycles. The number of sulfonamides is 1. The second-order valence-corrected chi connectivity index (χ2v) is 14.8. The third-order valence-corrected chi connectivity index (χ3v) is 11.5. The van der Waals surface area contributed by atoms with E-state index in [4.69, 9.17) is 9.72 Å². The summed E-state index contributed by atoms with van der Waals surface area (Å²) < 4.78 is 64.4. The van der Waals surface area contributed by atoms with Gasteiger partial charge in [-0.15, -0.1) is 10.2 Å². The van der Waals surface area contributed by atoms with E-state index in [1.165, 1.54) is 6.20 Å². The Labute approximate surface area is 234 Å². The summed E-state index contributed by atoms with van der Waals surface area (Å²) in [4.78, 5) is 7.19. The van der Waals surface area contributed by atoms with Crippen LogP contribution in [0.1, 0.15) is 75.4 Å². The highest BCUT2D eigenvalue weighted by Gasteiger charge is 2.49. The number of aliphatic hydroxyl groups excluding tert-OH is 1. The van der Waals surface area contributed by atoms with Crippen molar-refractivity contribution in [2.24, 2.45) is 5.41 Å². The molecule has 4 fully saturated rings. The van der Waals surface area contributed by atoms with Crippen LogP contribution in [-0.2, 0) is 14.8 Å². The molecule has 40 heavy (non-hydrogen) atoms. The Hall–Kier alpha value is -2.26. The van der Waals surface area contributed by atoms with Gasteiger partial charge in [-0.2, -0.15) is 0 Å². The normalized spacial score (nSPS) is 25.9. The van der Waals surface area contributed by atoms with Gasteiger partial charge in [0, 0.05) is 36.2 Å². The van der Waals surface area contributed by atoms with Gasteiger partial charge in [0.15, 0.2) is 15.7 Å². The first-order chi connectivity index (χ1) is 19.0. The summed E-state index contributed by atoms with van der Waals surface area (Å²) in [5, 5.41) is 18.5. The lowest BCUT2D eigenvalue weighted by Crippen LogP contribution is -2.47. The van der Waals surface area contributed by atoms with Crippen molar-refractivity contribution in [1.82, 2.24) is 24.3 Å². The predicted octanol–water partition coefficient (Wildman–Crippen LogP) is 3.86. The molecule has 0 unspecified atom stereocenters. The Morgan fingerprint density at radius 1 is 1.20 bits per heavy atom. The topological polar surface area (TPSA) is 122 Å². The number of fused-ring (bicyclic) bond motifs is 1. The number of ether oxygens (including phenoxy) is 1. The monoisotopic (exact) mass is 594 g/mol. The van der Waals surface area contributed by atoms with Crippen LogP contribution in [0.2, 0.25) is 0 Å². The Bertz CT molecular complexity index is 1570. The molecule has 0 amide bonds. The highest BCUT2D eigenvalue weighted by atomic mass is 32.2. The molecule has 2 saturated heterocycles. The third-order valence-electron chi connectivity index (χ3n) is 8.99. The maximum atomic E-state index is 13.6. The number of anilines is 1. The second kappa shape index (κ2) is 9.12. The zero-order valence-corrected chi connectivity index (χ0v) is 23.9. The van der Waals surface area contributed by atoms with E-state index < -0.39 is 28.1 Å². The van der Waals surface area contributed by atoms with Gasteiger partial charge in [-0.05, 0) is 58.4 Å². The van der Waals surface area contributed by atoms with Gasteiger partial charge in [-0.1, -0.05) is 11.3 Å². The molecule has 2 aliphatic carbocycles. The second-order valence-electron chi connectivity index (χ2n) is 12.1. The van der Waals surface area contributed by atoms with Crippen LogP contribution in [0.4, 0.5) is 14.5 Å². The van der Waals surface area contributed by atoms with Gasteiger partial charge in [-0.25, -0.2) is 26.9 Å². The fourth-order valence-corrected chi connectivity index (χ4v) is 8.28. The van der Waals surface area contributed by atoms with Crippen LogP contribution < -0.4 is 9.62 Å². The summed E-state index contributed by atoms with van der Waals surface area (Å²) in [6, 6.07) is 1.67. The standard InChI is InChI=1S/C26H32F2N6O4S2/c1-14-20(35)26(13-38-14)7-9-33(10-8-26)17-11-16(40(36,37)32-25(2)5-6-25)12-34-19(18(15-3-4-15)29-22(17)34)23-30-31-24(39-23)21(27)28/h11-12,14-15,20-21,32,35H,3-10,13H2,1-2H3/t14-,20-/m0/s1. The van der Waals surface area contributed by atoms with Gasteiger partial charge in [0.1, 0.15) is 10.6 Å². The molecule has 216 valence electrons. The fraction of sp³-hybridized carbons (Fsp3) is 0.654. The van der Waals surface area contributed by atoms with Crippen molar-refractivity contribution in [2.45, 2.75) is 87.4 Å². The molecule has 14 heteroatoms. The van der Waals surface area contributed by atoms with Crippen LogP contribution in [0.15, 0.2) is 17.2 Å². The van der Waals surface area contributed by atoms with Gasteiger partial charge < -0.3 is 14.7 Å². The Kier molecular flexibility index (Phi) is 6.07. The number of piperidine rings is 1. The lowest BCUT2D eigenvalue weighted by molar-refractivity contribution is 0.0250. The number of aromatic nitrogens is 4. The van der Waals surface area contributed by atoms with Crippen molar-refractivity contribution in [3.05, 3.63) is 23.0 Å². The van der Waals surface area contributed by atoms with Crippen LogP contribution in [0, 0.1) is 5.41 Å². The van der Waals surface area contributed by atoms with E-state index in [1.807, 2.05) is 13.8 Å². The number of halogens is 2. The highest BCUT2D eigenvalue weighted by Crippen LogP contribution is 2.48. The van der Waals surface area contributed by atoms with E-state index in [1.54, 1.807) is 10.5 Å². The SMILES string of the molecule is C[C@@H]1OCC2(CCN(c3cc(S(=O)(=O)NC4(C)CC4)cn4c(-c5nnc(C(F)F)s5)c(C5CC5)nc34)CC2)[C@H]1O. The number of aliphatic hydroxyl groups is 1. The van der Waals surface area contributed by atoms with Gasteiger partial charge in [-0.3, -0.25) is 4.40 Å². The zero-order valence-electron chi connectivity index (χ0n) is 22.3. The summed E-state index contributed by atoms with van der Waals surface area (Å²) in [6.07, 6.45) is 2.76. The number of pyridine rings is 1. The number of hydrogen-bond acceptors (Lipinski definition) is 9. The Morgan fingerprint density at radius 2 is 1.93 bits per heavy atom. The van der Waals surface area contributed by atoms with Crippen LogP contribution in [0.25, 0.3) is 16.3 Å². The smallest absolute Gasteiger partial charge is 0.291 e. The number of nitrogens with one attached hydrogen (secondary N) is 1. The van der Waals surface area contributed by atoms with Gasteiger partial charge in [0.05, 0.1) is 30.2 Å². The molecule has 5 heterocycles. The van der Waals surface area contributed by atoms with Crippen LogP contribution in [0.3, 0.4) is 0 Å². The lowest BCUT2D eigenvalue weighted by Gasteiger charge is -2.41. The molecule has 0 bridgehead atoms. The van der Waals surface area contributed by atoms with Crippen molar-refractivity contribution < 1.29 is 27.0 Å². The maximum Gasteiger partial charge on any atom is 0.291 e. The van der Waals surface area contributed by atoms with E-state index in [9.17, 15) is 22.3 Å². The predicted molar refractivity (Wildman–Crippen MR) is 144 cm³/mol. The lowest BCUT2D eigenvalue weighted by atomic mass is 9.74. The van der Waals surface area contributed by atoms with E-state index >= 15 is 0 Å². The molecule has 3 aromatic rings. The number of hydrogen-bond donors (Lipinski definition) is 2. The average Bonchev–Trinajstić information content (AvgIpc) is 3.77. The number of alkyl halides is 2. The number of nitrogens with zero attached hydrogens (tertiary/aromatic N) is 5. The molecule has 0 radical (unpaired) electrons. The maximum absolute atomic E-state index is 13.6. The molecule has 1 spiro atoms. The van der Waals surface area contributed by atoms with E-state index in [0.29, 0.717) is 54.6 Å². The minimum Gasteiger partial charge on any atom is -0.390 e. The number of imidazole rings is 1. The molecular weight excluding hydrogens is 562 g/mol. The summed E-state index contributed by atoms with van der Waals surface area (Å²) >= 11 is 0.807. The van der Waals surface area contributed by atoms with Crippen molar-refractivity contribution in [2.75, 3.05) is 24.6 Å². The molecule has 10 nitrogen and oxygen atoms in total. The first-order valence-corrected chi connectivity index (χ1v) is 16.1. The largest absolute Gasteiger partial charge is 0.390 e. The first kappa shape index (κ1) is 26.6. The van der Waals surface area contributed by atoms with Gasteiger partial charge >= 0.3 is 0 Å². The minimum atomic E-state index is -3.89. The van der Waals surface area contributed by atoms with E-state index in [-0.39, 0.29) is 27.3 Å². The summed E-state index contributed by atoms with van der Waals surface area (Å²) in [6.45, 7) is 5.44. The van der Waals surface area contributed by atoms with Crippen LogP contribution in [0.5, 0.6) is 0 Å².